The van der Waals surface area contributed by atoms with Crippen molar-refractivity contribution in [3.05, 3.63) is 0 Å². The number of carboxylic acid groups (broad SMARTS) is 1. The predicted molar refractivity (Wildman–Crippen MR) is 64.4 cm³/mol. The lowest BCUT2D eigenvalue weighted by Crippen LogP contribution is -2.48. The van der Waals surface area contributed by atoms with Crippen LogP contribution in [0.1, 0.15) is 46.0 Å². The Labute approximate surface area is 102 Å². The minimum atomic E-state index is -0.907. The summed E-state index contributed by atoms with van der Waals surface area (Å²) in [5.41, 5.74) is 5.13. The number of nitrogens with two attached hydrogens (primary N) is 1. The molecule has 98 valence electrons. The molecule has 1 aliphatic carbocycles. The van der Waals surface area contributed by atoms with Gasteiger partial charge >= 0.3 is 5.97 Å². The molecule has 4 N–H and O–H groups in total. The van der Waals surface area contributed by atoms with Crippen LogP contribution in [0.4, 0.5) is 0 Å². The highest BCUT2D eigenvalue weighted by Gasteiger charge is 2.30. The highest BCUT2D eigenvalue weighted by atomic mass is 16.4. The summed E-state index contributed by atoms with van der Waals surface area (Å²) < 4.78 is 0. The van der Waals surface area contributed by atoms with E-state index in [2.05, 4.69) is 5.32 Å². The normalized spacial score (nSPS) is 25.4. The number of hydrogen-bond donors (Lipinski definition) is 3. The van der Waals surface area contributed by atoms with Gasteiger partial charge in [-0.2, -0.15) is 0 Å². The van der Waals surface area contributed by atoms with E-state index < -0.39 is 11.5 Å². The average molecular weight is 242 g/mol. The second-order valence-corrected chi connectivity index (χ2v) is 5.57. The molecule has 0 bridgehead atoms. The number of carbonyl (C=O) groups excluding carboxylic acids is 1. The Morgan fingerprint density at radius 2 is 2.06 bits per heavy atom. The van der Waals surface area contributed by atoms with Crippen LogP contribution in [0, 0.1) is 5.92 Å². The SMILES string of the molecule is CC(C)(CC(=O)O)NC(=O)C1CCCC(N)C1. The maximum Gasteiger partial charge on any atom is 0.305 e. The molecular weight excluding hydrogens is 220 g/mol. The third kappa shape index (κ3) is 4.73. The zero-order valence-corrected chi connectivity index (χ0v) is 10.5. The lowest BCUT2D eigenvalue weighted by molar-refractivity contribution is -0.139. The van der Waals surface area contributed by atoms with E-state index in [1.165, 1.54) is 0 Å². The van der Waals surface area contributed by atoms with E-state index in [1.54, 1.807) is 13.8 Å². The molecule has 0 aromatic heterocycles. The Morgan fingerprint density at radius 3 is 2.59 bits per heavy atom. The van der Waals surface area contributed by atoms with Gasteiger partial charge in [-0.25, -0.2) is 0 Å². The number of carbonyl (C=O) groups is 2. The van der Waals surface area contributed by atoms with Gasteiger partial charge < -0.3 is 16.2 Å². The Bertz CT molecular complexity index is 302. The highest BCUT2D eigenvalue weighted by Crippen LogP contribution is 2.24. The van der Waals surface area contributed by atoms with Crippen LogP contribution in [0.15, 0.2) is 0 Å². The summed E-state index contributed by atoms with van der Waals surface area (Å²) in [5.74, 6) is -1.03. The quantitative estimate of drug-likeness (QED) is 0.682. The van der Waals surface area contributed by atoms with Gasteiger partial charge in [-0.1, -0.05) is 6.42 Å². The first-order chi connectivity index (χ1) is 7.80. The molecule has 1 aliphatic rings. The van der Waals surface area contributed by atoms with Crippen molar-refractivity contribution in [1.82, 2.24) is 5.32 Å². The molecule has 1 saturated carbocycles. The summed E-state index contributed by atoms with van der Waals surface area (Å²) in [5, 5.41) is 11.5. The van der Waals surface area contributed by atoms with Crippen molar-refractivity contribution >= 4 is 11.9 Å². The standard InChI is InChI=1S/C12H22N2O3/c1-12(2,7-10(15)16)14-11(17)8-4-3-5-9(13)6-8/h8-9H,3-7,13H2,1-2H3,(H,14,17)(H,15,16). The van der Waals surface area contributed by atoms with Crippen LogP contribution < -0.4 is 11.1 Å². The first-order valence-electron chi connectivity index (χ1n) is 6.09. The number of hydrogen-bond acceptors (Lipinski definition) is 3. The number of amides is 1. The number of carboxylic acids is 1. The Balaban J connectivity index is 2.50. The molecule has 17 heavy (non-hydrogen) atoms. The van der Waals surface area contributed by atoms with Crippen molar-refractivity contribution < 1.29 is 14.7 Å². The average Bonchev–Trinajstić information content (AvgIpc) is 2.14. The molecule has 0 radical (unpaired) electrons. The van der Waals surface area contributed by atoms with Crippen LogP contribution in [0.25, 0.3) is 0 Å². The molecule has 5 nitrogen and oxygen atoms in total. The van der Waals surface area contributed by atoms with E-state index in [1.807, 2.05) is 0 Å². The molecule has 5 heteroatoms. The third-order valence-electron chi connectivity index (χ3n) is 3.14. The zero-order chi connectivity index (χ0) is 13.1. The second kappa shape index (κ2) is 5.49. The summed E-state index contributed by atoms with van der Waals surface area (Å²) >= 11 is 0. The Morgan fingerprint density at radius 1 is 1.41 bits per heavy atom. The summed E-state index contributed by atoms with van der Waals surface area (Å²) in [6.45, 7) is 3.45. The maximum absolute atomic E-state index is 12.0. The van der Waals surface area contributed by atoms with E-state index in [0.29, 0.717) is 6.42 Å². The van der Waals surface area contributed by atoms with Crippen molar-refractivity contribution in [3.8, 4) is 0 Å². The predicted octanol–water partition coefficient (Wildman–Crippen LogP) is 0.873. The van der Waals surface area contributed by atoms with E-state index in [0.717, 1.165) is 19.3 Å². The van der Waals surface area contributed by atoms with Crippen molar-refractivity contribution in [2.75, 3.05) is 0 Å². The Hall–Kier alpha value is -1.10. The highest BCUT2D eigenvalue weighted by molar-refractivity contribution is 5.80. The van der Waals surface area contributed by atoms with Crippen LogP contribution >= 0.6 is 0 Å². The van der Waals surface area contributed by atoms with Crippen molar-refractivity contribution in [2.45, 2.75) is 57.5 Å². The van der Waals surface area contributed by atoms with Crippen LogP contribution in [-0.2, 0) is 9.59 Å². The smallest absolute Gasteiger partial charge is 0.305 e. The van der Waals surface area contributed by atoms with Gasteiger partial charge in [0.05, 0.1) is 6.42 Å². The molecule has 2 atom stereocenters. The first-order valence-corrected chi connectivity index (χ1v) is 6.09. The maximum atomic E-state index is 12.0. The monoisotopic (exact) mass is 242 g/mol. The summed E-state index contributed by atoms with van der Waals surface area (Å²) in [7, 11) is 0. The van der Waals surface area contributed by atoms with Gasteiger partial charge in [-0.3, -0.25) is 9.59 Å². The minimum absolute atomic E-state index is 0.0631. The molecular formula is C12H22N2O3. The fourth-order valence-electron chi connectivity index (χ4n) is 2.32. The van der Waals surface area contributed by atoms with Gasteiger partial charge in [-0.05, 0) is 33.1 Å². The number of nitrogens with one attached hydrogen (secondary N) is 1. The zero-order valence-electron chi connectivity index (χ0n) is 10.5. The lowest BCUT2D eigenvalue weighted by atomic mass is 9.85. The van der Waals surface area contributed by atoms with E-state index in [-0.39, 0.29) is 24.3 Å². The first kappa shape index (κ1) is 14.0. The van der Waals surface area contributed by atoms with Crippen molar-refractivity contribution in [2.24, 2.45) is 11.7 Å². The molecule has 0 heterocycles. The van der Waals surface area contributed by atoms with E-state index >= 15 is 0 Å². The van der Waals surface area contributed by atoms with Gasteiger partial charge in [0.15, 0.2) is 0 Å². The third-order valence-corrected chi connectivity index (χ3v) is 3.14. The summed E-state index contributed by atoms with van der Waals surface area (Å²) in [6.07, 6.45) is 3.43. The van der Waals surface area contributed by atoms with Gasteiger partial charge in [-0.15, -0.1) is 0 Å². The minimum Gasteiger partial charge on any atom is -0.481 e. The van der Waals surface area contributed by atoms with Crippen LogP contribution in [0.3, 0.4) is 0 Å². The summed E-state index contributed by atoms with van der Waals surface area (Å²) in [4.78, 5) is 22.6. The van der Waals surface area contributed by atoms with Crippen LogP contribution in [-0.4, -0.2) is 28.6 Å². The number of aliphatic carboxylic acids is 1. The van der Waals surface area contributed by atoms with E-state index in [4.69, 9.17) is 10.8 Å². The number of rotatable bonds is 4. The van der Waals surface area contributed by atoms with Gasteiger partial charge in [0.25, 0.3) is 0 Å². The molecule has 0 saturated heterocycles. The Kier molecular flexibility index (Phi) is 4.51. The second-order valence-electron chi connectivity index (χ2n) is 5.57. The van der Waals surface area contributed by atoms with E-state index in [9.17, 15) is 9.59 Å². The topological polar surface area (TPSA) is 92.4 Å². The fourth-order valence-corrected chi connectivity index (χ4v) is 2.32. The molecule has 1 fully saturated rings. The largest absolute Gasteiger partial charge is 0.481 e. The van der Waals surface area contributed by atoms with Gasteiger partial charge in [0.1, 0.15) is 0 Å². The lowest BCUT2D eigenvalue weighted by Gasteiger charge is -2.30. The molecule has 0 spiro atoms. The van der Waals surface area contributed by atoms with Gasteiger partial charge in [0.2, 0.25) is 5.91 Å². The van der Waals surface area contributed by atoms with Crippen LogP contribution in [0.2, 0.25) is 0 Å². The molecule has 1 amide bonds. The van der Waals surface area contributed by atoms with Crippen molar-refractivity contribution in [3.63, 3.8) is 0 Å². The van der Waals surface area contributed by atoms with Crippen molar-refractivity contribution in [1.29, 1.82) is 0 Å². The molecule has 0 aromatic carbocycles. The van der Waals surface area contributed by atoms with Crippen LogP contribution in [0.5, 0.6) is 0 Å². The molecule has 0 aromatic rings. The fraction of sp³-hybridized carbons (Fsp3) is 0.833. The molecule has 2 unspecified atom stereocenters. The van der Waals surface area contributed by atoms with Gasteiger partial charge in [0, 0.05) is 17.5 Å². The molecule has 1 rings (SSSR count). The summed E-state index contributed by atoms with van der Waals surface area (Å²) in [6, 6.07) is 0.0992. The molecule has 0 aliphatic heterocycles.